The van der Waals surface area contributed by atoms with Gasteiger partial charge in [-0.15, -0.1) is 0 Å². The van der Waals surface area contributed by atoms with E-state index in [1.54, 1.807) is 4.90 Å². The second-order valence-corrected chi connectivity index (χ2v) is 3.74. The van der Waals surface area contributed by atoms with Crippen LogP contribution in [-0.2, 0) is 9.47 Å². The number of halogens is 2. The molecule has 0 radical (unpaired) electrons. The molecule has 0 aromatic carbocycles. The Labute approximate surface area is 110 Å². The van der Waals surface area contributed by atoms with Crippen LogP contribution < -0.4 is 16.2 Å². The smallest absolute Gasteiger partial charge is 0.178 e. The van der Waals surface area contributed by atoms with E-state index in [0.717, 1.165) is 6.07 Å². The maximum atomic E-state index is 13.8. The van der Waals surface area contributed by atoms with E-state index in [1.165, 1.54) is 14.2 Å². The van der Waals surface area contributed by atoms with Crippen LogP contribution in [0.3, 0.4) is 0 Å². The first-order valence-corrected chi connectivity index (χ1v) is 5.69. The zero-order valence-corrected chi connectivity index (χ0v) is 10.9. The Bertz CT molecular complexity index is 399. The predicted molar refractivity (Wildman–Crippen MR) is 67.9 cm³/mol. The van der Waals surface area contributed by atoms with Gasteiger partial charge in [-0.3, -0.25) is 0 Å². The summed E-state index contributed by atoms with van der Waals surface area (Å²) >= 11 is 0. The summed E-state index contributed by atoms with van der Waals surface area (Å²) in [4.78, 5) is 5.42. The lowest BCUT2D eigenvalue weighted by atomic mass is 10.3. The summed E-state index contributed by atoms with van der Waals surface area (Å²) in [5.74, 6) is 3.31. The second-order valence-electron chi connectivity index (χ2n) is 3.74. The average molecular weight is 276 g/mol. The predicted octanol–water partition coefficient (Wildman–Crippen LogP) is 0.745. The van der Waals surface area contributed by atoms with E-state index in [-0.39, 0.29) is 11.6 Å². The van der Waals surface area contributed by atoms with Crippen molar-refractivity contribution in [2.24, 2.45) is 5.84 Å². The molecule has 0 amide bonds. The third kappa shape index (κ3) is 4.27. The number of methoxy groups -OCH3 is 2. The van der Waals surface area contributed by atoms with E-state index >= 15 is 0 Å². The van der Waals surface area contributed by atoms with Crippen LogP contribution in [0.15, 0.2) is 6.07 Å². The SMILES string of the molecule is COCCN(CCOC)c1nc(NN)c(F)cc1F. The number of pyridine rings is 1. The Kier molecular flexibility index (Phi) is 6.40. The zero-order valence-electron chi connectivity index (χ0n) is 10.9. The van der Waals surface area contributed by atoms with Crippen molar-refractivity contribution in [3.05, 3.63) is 17.7 Å². The molecule has 0 aliphatic carbocycles. The fraction of sp³-hybridized carbons (Fsp3) is 0.545. The summed E-state index contributed by atoms with van der Waals surface area (Å²) in [5, 5.41) is 0. The lowest BCUT2D eigenvalue weighted by Gasteiger charge is -2.24. The van der Waals surface area contributed by atoms with Crippen LogP contribution in [0, 0.1) is 11.6 Å². The van der Waals surface area contributed by atoms with Gasteiger partial charge in [0, 0.05) is 33.4 Å². The second kappa shape index (κ2) is 7.82. The van der Waals surface area contributed by atoms with Gasteiger partial charge in [0.1, 0.15) is 0 Å². The molecule has 3 N–H and O–H groups in total. The fourth-order valence-corrected chi connectivity index (χ4v) is 1.51. The molecule has 0 saturated carbocycles. The molecule has 0 aliphatic rings. The van der Waals surface area contributed by atoms with Crippen LogP contribution in [0.4, 0.5) is 20.4 Å². The number of hydrogen-bond acceptors (Lipinski definition) is 6. The first-order chi connectivity index (χ1) is 9.13. The molecular weight excluding hydrogens is 258 g/mol. The lowest BCUT2D eigenvalue weighted by Crippen LogP contribution is -2.32. The van der Waals surface area contributed by atoms with Gasteiger partial charge >= 0.3 is 0 Å². The third-order valence-electron chi connectivity index (χ3n) is 2.48. The molecule has 0 spiro atoms. The van der Waals surface area contributed by atoms with Crippen LogP contribution >= 0.6 is 0 Å². The Balaban J connectivity index is 2.98. The Morgan fingerprint density at radius 3 is 2.26 bits per heavy atom. The number of rotatable bonds is 8. The van der Waals surface area contributed by atoms with Gasteiger partial charge in [-0.2, -0.15) is 0 Å². The minimum Gasteiger partial charge on any atom is -0.383 e. The van der Waals surface area contributed by atoms with Crippen molar-refractivity contribution in [3.8, 4) is 0 Å². The van der Waals surface area contributed by atoms with E-state index in [4.69, 9.17) is 15.3 Å². The van der Waals surface area contributed by atoms with Crippen LogP contribution in [0.1, 0.15) is 0 Å². The largest absolute Gasteiger partial charge is 0.383 e. The van der Waals surface area contributed by atoms with Gasteiger partial charge in [0.2, 0.25) is 0 Å². The molecule has 0 saturated heterocycles. The van der Waals surface area contributed by atoms with E-state index in [1.807, 2.05) is 0 Å². The molecule has 0 fully saturated rings. The molecular formula is C11H18F2N4O2. The van der Waals surface area contributed by atoms with Gasteiger partial charge in [-0.1, -0.05) is 0 Å². The third-order valence-corrected chi connectivity index (χ3v) is 2.48. The van der Waals surface area contributed by atoms with Gasteiger partial charge in [0.25, 0.3) is 0 Å². The van der Waals surface area contributed by atoms with Gasteiger partial charge in [0.15, 0.2) is 23.3 Å². The number of nitrogens with one attached hydrogen (secondary N) is 1. The number of ether oxygens (including phenoxy) is 2. The molecule has 1 aromatic heterocycles. The van der Waals surface area contributed by atoms with Crippen LogP contribution in [-0.4, -0.2) is 45.5 Å². The number of nitrogens with two attached hydrogens (primary N) is 1. The maximum absolute atomic E-state index is 13.8. The van der Waals surface area contributed by atoms with E-state index in [0.29, 0.717) is 26.3 Å². The highest BCUT2D eigenvalue weighted by molar-refractivity contribution is 5.48. The summed E-state index contributed by atoms with van der Waals surface area (Å²) in [5.41, 5.74) is 2.09. The standard InChI is InChI=1S/C11H18F2N4O2/c1-18-5-3-17(4-6-19-2)11-9(13)7-8(12)10(15-11)16-14/h7H,3-6,14H2,1-2H3,(H,15,16). The van der Waals surface area contributed by atoms with Crippen molar-refractivity contribution in [2.75, 3.05) is 50.8 Å². The lowest BCUT2D eigenvalue weighted by molar-refractivity contribution is 0.189. The Morgan fingerprint density at radius 2 is 1.79 bits per heavy atom. The van der Waals surface area contributed by atoms with Crippen LogP contribution in [0.5, 0.6) is 0 Å². The van der Waals surface area contributed by atoms with Crippen LogP contribution in [0.2, 0.25) is 0 Å². The summed E-state index contributed by atoms with van der Waals surface area (Å²) in [6, 6.07) is 0.740. The number of anilines is 2. The van der Waals surface area contributed by atoms with Gasteiger partial charge in [-0.25, -0.2) is 19.6 Å². The van der Waals surface area contributed by atoms with Crippen molar-refractivity contribution in [1.29, 1.82) is 0 Å². The quantitative estimate of drug-likeness (QED) is 0.539. The summed E-state index contributed by atoms with van der Waals surface area (Å²) < 4.78 is 37.0. The molecule has 19 heavy (non-hydrogen) atoms. The van der Waals surface area contributed by atoms with Gasteiger partial charge in [0.05, 0.1) is 13.2 Å². The topological polar surface area (TPSA) is 72.6 Å². The number of aromatic nitrogens is 1. The average Bonchev–Trinajstić information content (AvgIpc) is 2.40. The Hall–Kier alpha value is -1.51. The molecule has 0 atom stereocenters. The van der Waals surface area contributed by atoms with Crippen molar-refractivity contribution in [2.45, 2.75) is 0 Å². The molecule has 1 rings (SSSR count). The Morgan fingerprint density at radius 1 is 1.21 bits per heavy atom. The highest BCUT2D eigenvalue weighted by atomic mass is 19.1. The summed E-state index contributed by atoms with van der Waals surface area (Å²) in [6.07, 6.45) is 0. The first kappa shape index (κ1) is 15.5. The van der Waals surface area contributed by atoms with E-state index < -0.39 is 11.6 Å². The monoisotopic (exact) mass is 276 g/mol. The minimum atomic E-state index is -0.845. The summed E-state index contributed by atoms with van der Waals surface area (Å²) in [6.45, 7) is 1.57. The normalized spacial score (nSPS) is 10.6. The number of hydrogen-bond donors (Lipinski definition) is 2. The number of nitrogen functional groups attached to an aromatic ring is 1. The molecule has 0 bridgehead atoms. The molecule has 1 heterocycles. The maximum Gasteiger partial charge on any atom is 0.178 e. The van der Waals surface area contributed by atoms with Gasteiger partial charge in [-0.05, 0) is 0 Å². The van der Waals surface area contributed by atoms with Crippen molar-refractivity contribution in [3.63, 3.8) is 0 Å². The van der Waals surface area contributed by atoms with Gasteiger partial charge < -0.3 is 19.8 Å². The molecule has 108 valence electrons. The van der Waals surface area contributed by atoms with Crippen molar-refractivity contribution in [1.82, 2.24) is 4.98 Å². The summed E-state index contributed by atoms with van der Waals surface area (Å²) in [7, 11) is 3.08. The molecule has 0 aliphatic heterocycles. The van der Waals surface area contributed by atoms with Crippen LogP contribution in [0.25, 0.3) is 0 Å². The first-order valence-electron chi connectivity index (χ1n) is 5.69. The van der Waals surface area contributed by atoms with E-state index in [9.17, 15) is 8.78 Å². The van der Waals surface area contributed by atoms with Crippen molar-refractivity contribution < 1.29 is 18.3 Å². The highest BCUT2D eigenvalue weighted by Gasteiger charge is 2.17. The highest BCUT2D eigenvalue weighted by Crippen LogP contribution is 2.21. The number of hydrazine groups is 1. The van der Waals surface area contributed by atoms with Crippen molar-refractivity contribution >= 4 is 11.6 Å². The minimum absolute atomic E-state index is 0.00319. The molecule has 1 aromatic rings. The molecule has 6 nitrogen and oxygen atoms in total. The van der Waals surface area contributed by atoms with E-state index in [2.05, 4.69) is 10.4 Å². The zero-order chi connectivity index (χ0) is 14.3. The number of nitrogens with zero attached hydrogens (tertiary/aromatic N) is 2. The molecule has 0 unspecified atom stereocenters. The fourth-order valence-electron chi connectivity index (χ4n) is 1.51. The molecule has 8 heteroatoms.